The van der Waals surface area contributed by atoms with Crippen molar-refractivity contribution in [1.82, 2.24) is 29.5 Å². The number of likely N-dealkylation sites (N-methyl/N-ethyl adjacent to an activating group) is 1. The fourth-order valence-electron chi connectivity index (χ4n) is 7.31. The number of aryl methyl sites for hydroxylation is 1. The van der Waals surface area contributed by atoms with Gasteiger partial charge in [-0.25, -0.2) is 9.48 Å². The van der Waals surface area contributed by atoms with Gasteiger partial charge in [0, 0.05) is 65.3 Å². The number of hydrogen-bond acceptors (Lipinski definition) is 10. The molecule has 0 saturated carbocycles. The smallest absolute Gasteiger partial charge is 0.405 e. The fraction of sp³-hybridized carbons (Fsp3) is 0.441. The van der Waals surface area contributed by atoms with Crippen LogP contribution in [0.5, 0.6) is 0 Å². The number of amides is 2. The molecule has 2 aromatic carbocycles. The van der Waals surface area contributed by atoms with Crippen molar-refractivity contribution in [3.63, 3.8) is 0 Å². The van der Waals surface area contributed by atoms with Crippen molar-refractivity contribution in [2.45, 2.75) is 43.8 Å². The Bertz CT molecular complexity index is 1960. The van der Waals surface area contributed by atoms with E-state index in [2.05, 4.69) is 77.7 Å². The first-order valence-electron chi connectivity index (χ1n) is 16.4. The molecule has 1 unspecified atom stereocenters. The van der Waals surface area contributed by atoms with E-state index < -0.39 is 17.7 Å². The summed E-state index contributed by atoms with van der Waals surface area (Å²) < 4.78 is 8.92. The van der Waals surface area contributed by atoms with Crippen molar-refractivity contribution < 1.29 is 14.0 Å². The SMILES string of the molecule is CN1C[C@H](Nc2cnn(C)c(=O)c2Br)C[C@H](c2ccc(CN3CCN(c4cccc5c4oc(=O)n5C4CCC(=O)NC4=O)CC3)cc2)C1. The van der Waals surface area contributed by atoms with Gasteiger partial charge in [-0.1, -0.05) is 30.3 Å². The summed E-state index contributed by atoms with van der Waals surface area (Å²) in [4.78, 5) is 56.4. The number of rotatable bonds is 7. The van der Waals surface area contributed by atoms with E-state index in [1.165, 1.54) is 20.4 Å². The number of nitrogens with zero attached hydrogens (tertiary/aromatic N) is 6. The molecule has 2 amide bonds. The lowest BCUT2D eigenvalue weighted by Gasteiger charge is -2.37. The quantitative estimate of drug-likeness (QED) is 0.275. The largest absolute Gasteiger partial charge is 0.420 e. The van der Waals surface area contributed by atoms with Gasteiger partial charge in [0.25, 0.3) is 5.56 Å². The summed E-state index contributed by atoms with van der Waals surface area (Å²) in [7, 11) is 3.77. The molecule has 13 nitrogen and oxygen atoms in total. The van der Waals surface area contributed by atoms with E-state index in [0.29, 0.717) is 21.5 Å². The molecule has 48 heavy (non-hydrogen) atoms. The first-order valence-corrected chi connectivity index (χ1v) is 17.1. The zero-order valence-corrected chi connectivity index (χ0v) is 28.6. The Morgan fingerprint density at radius 3 is 2.52 bits per heavy atom. The van der Waals surface area contributed by atoms with E-state index in [1.54, 1.807) is 19.3 Å². The zero-order valence-electron chi connectivity index (χ0n) is 27.0. The Morgan fingerprint density at radius 1 is 1.00 bits per heavy atom. The van der Waals surface area contributed by atoms with Crippen LogP contribution in [0.3, 0.4) is 0 Å². The van der Waals surface area contributed by atoms with Crippen LogP contribution in [0.2, 0.25) is 0 Å². The third kappa shape index (κ3) is 6.43. The van der Waals surface area contributed by atoms with Crippen molar-refractivity contribution in [1.29, 1.82) is 0 Å². The predicted octanol–water partition coefficient (Wildman–Crippen LogP) is 2.65. The number of hydrogen-bond donors (Lipinski definition) is 2. The molecule has 2 N–H and O–H groups in total. The molecule has 14 heteroatoms. The highest BCUT2D eigenvalue weighted by Crippen LogP contribution is 2.32. The maximum Gasteiger partial charge on any atom is 0.420 e. The van der Waals surface area contributed by atoms with Gasteiger partial charge >= 0.3 is 5.76 Å². The number of nitrogens with one attached hydrogen (secondary N) is 2. The molecule has 252 valence electrons. The highest BCUT2D eigenvalue weighted by Gasteiger charge is 2.32. The molecule has 0 spiro atoms. The van der Waals surface area contributed by atoms with Gasteiger partial charge in [0.15, 0.2) is 5.58 Å². The number of imide groups is 1. The topological polar surface area (TPSA) is 138 Å². The van der Waals surface area contributed by atoms with Crippen LogP contribution < -0.4 is 26.8 Å². The molecule has 3 aliphatic rings. The zero-order chi connectivity index (χ0) is 33.5. The summed E-state index contributed by atoms with van der Waals surface area (Å²) in [5.41, 5.74) is 5.00. The molecular formula is C34H39BrN8O5. The molecule has 0 aliphatic carbocycles. The van der Waals surface area contributed by atoms with E-state index >= 15 is 0 Å². The van der Waals surface area contributed by atoms with E-state index in [1.807, 2.05) is 12.1 Å². The second-order valence-corrected chi connectivity index (χ2v) is 13.9. The van der Waals surface area contributed by atoms with Gasteiger partial charge in [0.2, 0.25) is 11.8 Å². The predicted molar refractivity (Wildman–Crippen MR) is 185 cm³/mol. The Labute approximate surface area is 285 Å². The minimum atomic E-state index is -0.766. The van der Waals surface area contributed by atoms with Crippen LogP contribution in [0.4, 0.5) is 11.4 Å². The number of carbonyl (C=O) groups is 2. The number of piperazine rings is 1. The highest BCUT2D eigenvalue weighted by molar-refractivity contribution is 9.10. The van der Waals surface area contributed by atoms with Gasteiger partial charge in [-0.05, 0) is 65.0 Å². The van der Waals surface area contributed by atoms with Crippen LogP contribution in [0, 0.1) is 0 Å². The van der Waals surface area contributed by atoms with E-state index in [9.17, 15) is 19.2 Å². The fourth-order valence-corrected chi connectivity index (χ4v) is 7.79. The molecule has 5 heterocycles. The summed E-state index contributed by atoms with van der Waals surface area (Å²) >= 11 is 3.43. The second-order valence-electron chi connectivity index (χ2n) is 13.1. The van der Waals surface area contributed by atoms with Crippen LogP contribution in [0.15, 0.2) is 67.1 Å². The summed E-state index contributed by atoms with van der Waals surface area (Å²) in [5.74, 6) is -1.02. The van der Waals surface area contributed by atoms with Gasteiger partial charge in [-0.15, -0.1) is 0 Å². The van der Waals surface area contributed by atoms with Crippen LogP contribution in [0.1, 0.15) is 42.3 Å². The molecule has 3 saturated heterocycles. The normalized spacial score (nSPS) is 22.6. The van der Waals surface area contributed by atoms with Crippen LogP contribution in [-0.2, 0) is 23.2 Å². The molecular weight excluding hydrogens is 680 g/mol. The van der Waals surface area contributed by atoms with Gasteiger partial charge in [-0.2, -0.15) is 5.10 Å². The van der Waals surface area contributed by atoms with Crippen molar-refractivity contribution in [2.24, 2.45) is 7.05 Å². The number of likely N-dealkylation sites (tertiary alicyclic amines) is 1. The number of para-hydroxylation sites is 1. The maximum absolute atomic E-state index is 12.9. The van der Waals surface area contributed by atoms with Gasteiger partial charge < -0.3 is 19.5 Å². The Balaban J connectivity index is 0.970. The number of anilines is 2. The van der Waals surface area contributed by atoms with E-state index in [4.69, 9.17) is 4.42 Å². The number of oxazole rings is 1. The van der Waals surface area contributed by atoms with E-state index in [-0.39, 0.29) is 30.3 Å². The van der Waals surface area contributed by atoms with Crippen LogP contribution in [-0.4, -0.2) is 88.3 Å². The number of halogens is 1. The number of fused-ring (bicyclic) bond motifs is 1. The van der Waals surface area contributed by atoms with Crippen molar-refractivity contribution >= 4 is 50.2 Å². The lowest BCUT2D eigenvalue weighted by Crippen LogP contribution is -2.46. The lowest BCUT2D eigenvalue weighted by molar-refractivity contribution is -0.135. The summed E-state index contributed by atoms with van der Waals surface area (Å²) in [6, 6.07) is 14.0. The Hall–Kier alpha value is -4.27. The number of carbonyl (C=O) groups excluding carboxylic acids is 2. The third-order valence-corrected chi connectivity index (χ3v) is 10.5. The standard InChI is InChI=1S/C34H39BrN8O5/c1-39-19-23(16-24(20-39)37-25-17-36-40(2)33(46)30(25)35)22-8-6-21(7-9-22)18-41-12-14-42(15-13-41)26-4-3-5-27-31(26)48-34(47)43(27)28-10-11-29(44)38-32(28)45/h3-9,17,23-24,28,37H,10-16,18-20H2,1-2H3,(H,38,44,45)/t23-,24+,28?/m0/s1. The average Bonchev–Trinajstić information content (AvgIpc) is 3.41. The first kappa shape index (κ1) is 32.3. The minimum absolute atomic E-state index is 0.162. The lowest BCUT2D eigenvalue weighted by atomic mass is 9.87. The molecule has 7 rings (SSSR count). The van der Waals surface area contributed by atoms with Gasteiger partial charge in [-0.3, -0.25) is 29.2 Å². The first-order chi connectivity index (χ1) is 23.1. The van der Waals surface area contributed by atoms with Crippen LogP contribution in [0.25, 0.3) is 11.1 Å². The van der Waals surface area contributed by atoms with Crippen molar-refractivity contribution in [3.8, 4) is 0 Å². The summed E-state index contributed by atoms with van der Waals surface area (Å²) in [6.07, 6.45) is 3.11. The second kappa shape index (κ2) is 13.3. The maximum atomic E-state index is 12.9. The van der Waals surface area contributed by atoms with Crippen molar-refractivity contribution in [3.05, 3.63) is 85.2 Å². The minimum Gasteiger partial charge on any atom is -0.405 e. The highest BCUT2D eigenvalue weighted by atomic mass is 79.9. The number of aromatic nitrogens is 3. The molecule has 3 atom stereocenters. The molecule has 0 bridgehead atoms. The average molecular weight is 720 g/mol. The molecule has 0 radical (unpaired) electrons. The molecule has 3 aliphatic heterocycles. The van der Waals surface area contributed by atoms with Gasteiger partial charge in [0.05, 0.1) is 23.1 Å². The summed E-state index contributed by atoms with van der Waals surface area (Å²) in [6.45, 7) is 5.94. The monoisotopic (exact) mass is 718 g/mol. The van der Waals surface area contributed by atoms with Crippen LogP contribution >= 0.6 is 15.9 Å². The molecule has 2 aromatic heterocycles. The summed E-state index contributed by atoms with van der Waals surface area (Å²) in [5, 5.41) is 10.0. The third-order valence-electron chi connectivity index (χ3n) is 9.78. The number of benzene rings is 2. The Morgan fingerprint density at radius 2 is 1.77 bits per heavy atom. The molecule has 3 fully saturated rings. The Kier molecular flexibility index (Phi) is 8.96. The number of piperidine rings is 2. The van der Waals surface area contributed by atoms with E-state index in [0.717, 1.165) is 63.6 Å². The van der Waals surface area contributed by atoms with Crippen molar-refractivity contribution in [2.75, 3.05) is 56.5 Å². The van der Waals surface area contributed by atoms with Gasteiger partial charge in [0.1, 0.15) is 10.5 Å². The molecule has 4 aromatic rings.